The molecule has 1 heterocycles. The Bertz CT molecular complexity index is 353. The van der Waals surface area contributed by atoms with Crippen molar-refractivity contribution >= 4 is 0 Å². The van der Waals surface area contributed by atoms with Crippen LogP contribution < -0.4 is 5.32 Å². The van der Waals surface area contributed by atoms with Crippen LogP contribution in [0.2, 0.25) is 0 Å². The Morgan fingerprint density at radius 1 is 1.21 bits per heavy atom. The maximum Gasteiger partial charge on any atom is 0.165 e. The smallest absolute Gasteiger partial charge is 0.165 e. The van der Waals surface area contributed by atoms with Gasteiger partial charge in [-0.2, -0.15) is 0 Å². The zero-order valence-corrected chi connectivity index (χ0v) is 13.1. The molecule has 0 spiro atoms. The van der Waals surface area contributed by atoms with E-state index < -0.39 is 0 Å². The second-order valence-corrected chi connectivity index (χ2v) is 6.34. The summed E-state index contributed by atoms with van der Waals surface area (Å²) in [6.45, 7) is 11.6. The van der Waals surface area contributed by atoms with E-state index in [1.807, 2.05) is 4.68 Å². The number of aromatic nitrogens is 4. The number of hydrogen-bond donors (Lipinski definition) is 1. The van der Waals surface area contributed by atoms with Gasteiger partial charge >= 0.3 is 0 Å². The average Bonchev–Trinajstić information content (AvgIpc) is 2.79. The van der Waals surface area contributed by atoms with Crippen molar-refractivity contribution in [3.63, 3.8) is 0 Å². The minimum atomic E-state index is 0.0845. The summed E-state index contributed by atoms with van der Waals surface area (Å²) in [5.74, 6) is 0.929. The molecule has 5 nitrogen and oxygen atoms in total. The van der Waals surface area contributed by atoms with Crippen LogP contribution in [0, 0.1) is 0 Å². The van der Waals surface area contributed by atoms with Gasteiger partial charge in [-0.3, -0.25) is 0 Å². The van der Waals surface area contributed by atoms with Gasteiger partial charge in [0.2, 0.25) is 0 Å². The van der Waals surface area contributed by atoms with Crippen LogP contribution in [-0.4, -0.2) is 25.7 Å². The molecule has 0 saturated carbocycles. The monoisotopic (exact) mass is 267 g/mol. The molecule has 19 heavy (non-hydrogen) atoms. The van der Waals surface area contributed by atoms with Gasteiger partial charge in [-0.15, -0.1) is 5.10 Å². The van der Waals surface area contributed by atoms with Crippen molar-refractivity contribution in [3.8, 4) is 0 Å². The molecule has 0 fully saturated rings. The zero-order chi connectivity index (χ0) is 14.3. The third-order valence-corrected chi connectivity index (χ3v) is 3.23. The molecule has 1 aromatic rings. The van der Waals surface area contributed by atoms with Gasteiger partial charge in [0.05, 0.1) is 12.6 Å². The standard InChI is InChI=1S/C14H29N5/c1-6-7-8-9-10-12(2)19-13(16-17-18-19)11-15-14(3,4)5/h12,15H,6-11H2,1-5H3. The van der Waals surface area contributed by atoms with Crippen molar-refractivity contribution in [1.29, 1.82) is 0 Å². The van der Waals surface area contributed by atoms with Crippen LogP contribution in [0.15, 0.2) is 0 Å². The molecule has 1 rings (SSSR count). The zero-order valence-electron chi connectivity index (χ0n) is 13.1. The molecule has 0 bridgehead atoms. The van der Waals surface area contributed by atoms with Crippen LogP contribution in [0.3, 0.4) is 0 Å². The minimum Gasteiger partial charge on any atom is -0.305 e. The Hall–Kier alpha value is -0.970. The summed E-state index contributed by atoms with van der Waals surface area (Å²) < 4.78 is 1.96. The van der Waals surface area contributed by atoms with Crippen LogP contribution in [0.4, 0.5) is 0 Å². The van der Waals surface area contributed by atoms with E-state index in [0.717, 1.165) is 18.8 Å². The van der Waals surface area contributed by atoms with E-state index in [0.29, 0.717) is 6.04 Å². The van der Waals surface area contributed by atoms with E-state index in [4.69, 9.17) is 0 Å². The van der Waals surface area contributed by atoms with Crippen molar-refractivity contribution in [1.82, 2.24) is 25.5 Å². The first-order chi connectivity index (χ1) is 8.94. The molecule has 1 aromatic heterocycles. The summed E-state index contributed by atoms with van der Waals surface area (Å²) in [7, 11) is 0. The Morgan fingerprint density at radius 3 is 2.58 bits per heavy atom. The third-order valence-electron chi connectivity index (χ3n) is 3.23. The lowest BCUT2D eigenvalue weighted by atomic mass is 10.1. The molecular formula is C14H29N5. The average molecular weight is 267 g/mol. The van der Waals surface area contributed by atoms with Crippen LogP contribution in [0.25, 0.3) is 0 Å². The molecule has 1 atom stereocenters. The van der Waals surface area contributed by atoms with E-state index in [-0.39, 0.29) is 5.54 Å². The summed E-state index contributed by atoms with van der Waals surface area (Å²) in [5.41, 5.74) is 0.0845. The Balaban J connectivity index is 2.46. The van der Waals surface area contributed by atoms with Crippen molar-refractivity contribution in [3.05, 3.63) is 5.82 Å². The maximum absolute atomic E-state index is 4.13. The van der Waals surface area contributed by atoms with Gasteiger partial charge in [0.1, 0.15) is 0 Å². The largest absolute Gasteiger partial charge is 0.305 e. The number of tetrazole rings is 1. The lowest BCUT2D eigenvalue weighted by Gasteiger charge is -2.21. The molecule has 110 valence electrons. The first-order valence-electron chi connectivity index (χ1n) is 7.46. The predicted molar refractivity (Wildman–Crippen MR) is 77.9 cm³/mol. The highest BCUT2D eigenvalue weighted by atomic mass is 15.6. The number of nitrogens with one attached hydrogen (secondary N) is 1. The molecule has 0 aliphatic carbocycles. The first-order valence-corrected chi connectivity index (χ1v) is 7.46. The molecular weight excluding hydrogens is 238 g/mol. The van der Waals surface area contributed by atoms with Crippen LogP contribution in [0.5, 0.6) is 0 Å². The molecule has 0 radical (unpaired) electrons. The van der Waals surface area contributed by atoms with Gasteiger partial charge in [-0.1, -0.05) is 32.6 Å². The maximum atomic E-state index is 4.13. The summed E-state index contributed by atoms with van der Waals surface area (Å²) in [5, 5.41) is 15.5. The number of nitrogens with zero attached hydrogens (tertiary/aromatic N) is 4. The van der Waals surface area contributed by atoms with Crippen molar-refractivity contribution in [2.24, 2.45) is 0 Å². The second kappa shape index (κ2) is 7.58. The SMILES string of the molecule is CCCCCCC(C)n1nnnc1CNC(C)(C)C. The van der Waals surface area contributed by atoms with E-state index in [1.54, 1.807) is 0 Å². The van der Waals surface area contributed by atoms with Crippen LogP contribution >= 0.6 is 0 Å². The minimum absolute atomic E-state index is 0.0845. The lowest BCUT2D eigenvalue weighted by Crippen LogP contribution is -2.36. The third kappa shape index (κ3) is 6.14. The van der Waals surface area contributed by atoms with Crippen molar-refractivity contribution < 1.29 is 0 Å². The van der Waals surface area contributed by atoms with Gasteiger partial charge < -0.3 is 5.32 Å². The van der Waals surface area contributed by atoms with Gasteiger partial charge in [-0.05, 0) is 44.5 Å². The number of hydrogen-bond acceptors (Lipinski definition) is 4. The molecule has 0 aliphatic rings. The number of unbranched alkanes of at least 4 members (excludes halogenated alkanes) is 3. The van der Waals surface area contributed by atoms with E-state index in [1.165, 1.54) is 25.7 Å². The summed E-state index contributed by atoms with van der Waals surface area (Å²) in [4.78, 5) is 0. The fourth-order valence-electron chi connectivity index (χ4n) is 2.00. The highest BCUT2D eigenvalue weighted by Gasteiger charge is 2.15. The highest BCUT2D eigenvalue weighted by Crippen LogP contribution is 2.16. The van der Waals surface area contributed by atoms with Gasteiger partial charge in [0, 0.05) is 5.54 Å². The predicted octanol–water partition coefficient (Wildman–Crippen LogP) is 3.09. The lowest BCUT2D eigenvalue weighted by molar-refractivity contribution is 0.379. The summed E-state index contributed by atoms with van der Waals surface area (Å²) in [6, 6.07) is 0.378. The fourth-order valence-corrected chi connectivity index (χ4v) is 2.00. The van der Waals surface area contributed by atoms with E-state index in [9.17, 15) is 0 Å². The Kier molecular flexibility index (Phi) is 6.42. The van der Waals surface area contributed by atoms with Crippen LogP contribution in [-0.2, 0) is 6.54 Å². The van der Waals surface area contributed by atoms with Gasteiger partial charge in [-0.25, -0.2) is 4.68 Å². The molecule has 1 N–H and O–H groups in total. The van der Waals surface area contributed by atoms with Crippen LogP contribution in [0.1, 0.15) is 78.6 Å². The molecule has 0 aromatic carbocycles. The molecule has 1 unspecified atom stereocenters. The quantitative estimate of drug-likeness (QED) is 0.735. The molecule has 0 aliphatic heterocycles. The number of rotatable bonds is 8. The summed E-state index contributed by atoms with van der Waals surface area (Å²) in [6.07, 6.45) is 6.30. The highest BCUT2D eigenvalue weighted by molar-refractivity contribution is 4.85. The van der Waals surface area contributed by atoms with E-state index in [2.05, 4.69) is 55.5 Å². The molecule has 0 saturated heterocycles. The molecule has 0 amide bonds. The normalized spacial score (nSPS) is 13.7. The summed E-state index contributed by atoms with van der Waals surface area (Å²) >= 11 is 0. The molecule has 5 heteroatoms. The Morgan fingerprint density at radius 2 is 1.95 bits per heavy atom. The van der Waals surface area contributed by atoms with Crippen molar-refractivity contribution in [2.75, 3.05) is 0 Å². The Labute approximate surface area is 117 Å². The topological polar surface area (TPSA) is 55.6 Å². The van der Waals surface area contributed by atoms with Crippen molar-refractivity contribution in [2.45, 2.75) is 84.8 Å². The fraction of sp³-hybridized carbons (Fsp3) is 0.929. The van der Waals surface area contributed by atoms with Gasteiger partial charge in [0.15, 0.2) is 5.82 Å². The van der Waals surface area contributed by atoms with Gasteiger partial charge in [0.25, 0.3) is 0 Å². The second-order valence-electron chi connectivity index (χ2n) is 6.34. The first kappa shape index (κ1) is 16.1. The van der Waals surface area contributed by atoms with E-state index >= 15 is 0 Å².